The minimum absolute atomic E-state index is 1.29. The van der Waals surface area contributed by atoms with Crippen molar-refractivity contribution in [2.45, 2.75) is 13.8 Å². The van der Waals surface area contributed by atoms with Gasteiger partial charge in [0.05, 0.1) is 0 Å². The van der Waals surface area contributed by atoms with Crippen LogP contribution in [0.4, 0.5) is 0 Å². The molecule has 0 aliphatic rings. The maximum absolute atomic E-state index is 2.55. The summed E-state index contributed by atoms with van der Waals surface area (Å²) < 4.78 is 1.29. The van der Waals surface area contributed by atoms with E-state index in [9.17, 15) is 0 Å². The Bertz CT molecular complexity index is 165. The van der Waals surface area contributed by atoms with E-state index in [0.717, 1.165) is 0 Å². The molecule has 0 spiro atoms. The van der Waals surface area contributed by atoms with E-state index in [1.165, 1.54) is 15.6 Å². The summed E-state index contributed by atoms with van der Waals surface area (Å²) in [6.45, 7) is 4.23. The first-order valence-electron chi connectivity index (χ1n) is 2.96. The van der Waals surface area contributed by atoms with Crippen molar-refractivity contribution in [3.8, 4) is 0 Å². The molecule has 0 nitrogen and oxygen atoms in total. The third-order valence-electron chi connectivity index (χ3n) is 1.21. The Morgan fingerprint density at radius 1 is 1.00 bits per heavy atom. The summed E-state index contributed by atoms with van der Waals surface area (Å²) in [5.41, 5.74) is 2.68. The molecule has 0 N–H and O–H groups in total. The maximum atomic E-state index is 2.55. The van der Waals surface area contributed by atoms with Crippen molar-refractivity contribution >= 4 is 20.5 Å². The number of benzene rings is 1. The van der Waals surface area contributed by atoms with Gasteiger partial charge in [0.2, 0.25) is 0 Å². The molecular formula is C8H10Se. The van der Waals surface area contributed by atoms with Crippen molar-refractivity contribution in [3.63, 3.8) is 0 Å². The van der Waals surface area contributed by atoms with Crippen LogP contribution >= 0.6 is 0 Å². The van der Waals surface area contributed by atoms with Crippen LogP contribution in [0.15, 0.2) is 18.2 Å². The van der Waals surface area contributed by atoms with Crippen LogP contribution in [-0.2, 0) is 0 Å². The molecule has 0 aliphatic carbocycles. The quantitative estimate of drug-likeness (QED) is 0.525. The van der Waals surface area contributed by atoms with Gasteiger partial charge >= 0.3 is 63.6 Å². The van der Waals surface area contributed by atoms with Gasteiger partial charge in [-0.2, -0.15) is 0 Å². The second kappa shape index (κ2) is 2.55. The molecule has 0 aromatic heterocycles. The average Bonchev–Trinajstić information content (AvgIpc) is 1.59. The summed E-state index contributed by atoms with van der Waals surface area (Å²) in [5.74, 6) is 0. The molecule has 1 heteroatoms. The first kappa shape index (κ1) is 6.85. The molecule has 0 aliphatic heterocycles. The Morgan fingerprint density at radius 2 is 1.44 bits per heavy atom. The zero-order chi connectivity index (χ0) is 6.85. The third-order valence-corrected chi connectivity index (χ3v) is 1.75. The zero-order valence-corrected chi connectivity index (χ0v) is 7.56. The van der Waals surface area contributed by atoms with Crippen LogP contribution in [0, 0.1) is 13.8 Å². The van der Waals surface area contributed by atoms with E-state index in [-0.39, 0.29) is 0 Å². The van der Waals surface area contributed by atoms with E-state index >= 15 is 0 Å². The normalized spacial score (nSPS) is 9.67. The average molecular weight is 185 g/mol. The first-order valence-corrected chi connectivity index (χ1v) is 3.89. The fourth-order valence-electron chi connectivity index (χ4n) is 0.951. The molecule has 0 bridgehead atoms. The fourth-order valence-corrected chi connectivity index (χ4v) is 1.81. The summed E-state index contributed by atoms with van der Waals surface area (Å²) >= 11 is 2.55. The van der Waals surface area contributed by atoms with Crippen molar-refractivity contribution in [2.75, 3.05) is 0 Å². The Kier molecular flexibility index (Phi) is 1.94. The van der Waals surface area contributed by atoms with Crippen molar-refractivity contribution in [1.82, 2.24) is 0 Å². The van der Waals surface area contributed by atoms with Gasteiger partial charge < -0.3 is 0 Å². The van der Waals surface area contributed by atoms with Gasteiger partial charge in [0.15, 0.2) is 0 Å². The second-order valence-corrected chi connectivity index (χ2v) is 3.43. The SMILES string of the molecule is Cc1cc(C)cc([SeH])c1. The number of hydrogen-bond acceptors (Lipinski definition) is 0. The number of aryl methyl sites for hydroxylation is 2. The molecule has 0 heterocycles. The molecule has 9 heavy (non-hydrogen) atoms. The number of rotatable bonds is 0. The predicted molar refractivity (Wildman–Crippen MR) is 42.7 cm³/mol. The molecule has 0 unspecified atom stereocenters. The Balaban J connectivity index is 3.17. The summed E-state index contributed by atoms with van der Waals surface area (Å²) in [4.78, 5) is 0. The van der Waals surface area contributed by atoms with Gasteiger partial charge in [-0.3, -0.25) is 0 Å². The second-order valence-electron chi connectivity index (χ2n) is 2.35. The van der Waals surface area contributed by atoms with Crippen molar-refractivity contribution in [2.24, 2.45) is 0 Å². The third kappa shape index (κ3) is 1.85. The molecule has 0 amide bonds. The fraction of sp³-hybridized carbons (Fsp3) is 0.250. The van der Waals surface area contributed by atoms with Gasteiger partial charge in [0.25, 0.3) is 0 Å². The minimum atomic E-state index is 1.29. The van der Waals surface area contributed by atoms with E-state index in [0.29, 0.717) is 0 Å². The van der Waals surface area contributed by atoms with Gasteiger partial charge in [-0.1, -0.05) is 0 Å². The molecular weight excluding hydrogens is 175 g/mol. The van der Waals surface area contributed by atoms with E-state index in [2.05, 4.69) is 48.1 Å². The van der Waals surface area contributed by atoms with E-state index < -0.39 is 0 Å². The Labute approximate surface area is 64.1 Å². The molecule has 0 atom stereocenters. The van der Waals surface area contributed by atoms with Crippen molar-refractivity contribution < 1.29 is 0 Å². The molecule has 1 aromatic carbocycles. The van der Waals surface area contributed by atoms with Gasteiger partial charge in [-0.05, 0) is 0 Å². The van der Waals surface area contributed by atoms with Gasteiger partial charge in [-0.15, -0.1) is 0 Å². The molecule has 0 saturated carbocycles. The molecule has 48 valence electrons. The summed E-state index contributed by atoms with van der Waals surface area (Å²) in [6.07, 6.45) is 0. The zero-order valence-electron chi connectivity index (χ0n) is 5.68. The van der Waals surface area contributed by atoms with E-state index in [1.54, 1.807) is 0 Å². The molecule has 0 radical (unpaired) electrons. The summed E-state index contributed by atoms with van der Waals surface area (Å²) in [6, 6.07) is 6.50. The van der Waals surface area contributed by atoms with Crippen LogP contribution in [-0.4, -0.2) is 16.0 Å². The van der Waals surface area contributed by atoms with Crippen LogP contribution in [0.5, 0.6) is 0 Å². The first-order chi connectivity index (χ1) is 4.18. The summed E-state index contributed by atoms with van der Waals surface area (Å²) in [7, 11) is 0. The molecule has 0 fully saturated rings. The van der Waals surface area contributed by atoms with Crippen LogP contribution in [0.1, 0.15) is 11.1 Å². The number of hydrogen-bond donors (Lipinski definition) is 0. The van der Waals surface area contributed by atoms with E-state index in [4.69, 9.17) is 0 Å². The van der Waals surface area contributed by atoms with Crippen LogP contribution in [0.2, 0.25) is 0 Å². The predicted octanol–water partition coefficient (Wildman–Crippen LogP) is 0.830. The molecule has 1 aromatic rings. The standard InChI is InChI=1S/C8H10Se/c1-6-3-7(2)5-8(9)4-6/h3-5,9H,1-2H3. The van der Waals surface area contributed by atoms with Crippen molar-refractivity contribution in [1.29, 1.82) is 0 Å². The van der Waals surface area contributed by atoms with E-state index in [1.807, 2.05) is 0 Å². The van der Waals surface area contributed by atoms with Gasteiger partial charge in [0, 0.05) is 0 Å². The molecule has 1 rings (SSSR count). The van der Waals surface area contributed by atoms with Crippen molar-refractivity contribution in [3.05, 3.63) is 29.3 Å². The van der Waals surface area contributed by atoms with Crippen LogP contribution in [0.25, 0.3) is 0 Å². The van der Waals surface area contributed by atoms with Crippen LogP contribution in [0.3, 0.4) is 0 Å². The Morgan fingerprint density at radius 3 is 1.78 bits per heavy atom. The molecule has 0 saturated heterocycles. The topological polar surface area (TPSA) is 0 Å². The van der Waals surface area contributed by atoms with Crippen LogP contribution < -0.4 is 4.46 Å². The van der Waals surface area contributed by atoms with Gasteiger partial charge in [0.1, 0.15) is 0 Å². The summed E-state index contributed by atoms with van der Waals surface area (Å²) in [5, 5.41) is 0. The monoisotopic (exact) mass is 186 g/mol. The Hall–Kier alpha value is -0.261. The van der Waals surface area contributed by atoms with Gasteiger partial charge in [-0.25, -0.2) is 0 Å².